The average Bonchev–Trinajstić information content (AvgIpc) is 2.46. The molecular formula is C17H27NO2S. The minimum Gasteiger partial charge on any atom is -0.480 e. The summed E-state index contributed by atoms with van der Waals surface area (Å²) in [5.41, 5.74) is 1.90. The van der Waals surface area contributed by atoms with Crippen LogP contribution in [-0.4, -0.2) is 28.9 Å². The number of thioether (sulfide) groups is 1. The first kappa shape index (κ1) is 18.1. The minimum absolute atomic E-state index is 0.670. The van der Waals surface area contributed by atoms with Gasteiger partial charge in [-0.05, 0) is 56.5 Å². The molecule has 118 valence electrons. The van der Waals surface area contributed by atoms with E-state index in [4.69, 9.17) is 0 Å². The first-order valence-corrected chi connectivity index (χ1v) is 8.75. The van der Waals surface area contributed by atoms with E-state index < -0.39 is 11.5 Å². The Kier molecular flexibility index (Phi) is 7.83. The van der Waals surface area contributed by atoms with Gasteiger partial charge in [-0.2, -0.15) is 11.8 Å². The third-order valence-electron chi connectivity index (χ3n) is 3.72. The van der Waals surface area contributed by atoms with E-state index in [1.807, 2.05) is 18.7 Å². The normalized spacial score (nSPS) is 13.9. The van der Waals surface area contributed by atoms with Gasteiger partial charge in [0.25, 0.3) is 0 Å². The van der Waals surface area contributed by atoms with Crippen LogP contribution in [0, 0.1) is 6.92 Å². The van der Waals surface area contributed by atoms with Gasteiger partial charge in [-0.25, -0.2) is 0 Å². The van der Waals surface area contributed by atoms with E-state index in [9.17, 15) is 9.90 Å². The second kappa shape index (κ2) is 9.11. The van der Waals surface area contributed by atoms with Crippen molar-refractivity contribution < 1.29 is 9.90 Å². The monoisotopic (exact) mass is 309 g/mol. The molecule has 0 aliphatic carbocycles. The molecule has 4 heteroatoms. The molecule has 2 N–H and O–H groups in total. The van der Waals surface area contributed by atoms with Gasteiger partial charge in [-0.15, -0.1) is 0 Å². The van der Waals surface area contributed by atoms with Crippen LogP contribution in [0.4, 0.5) is 0 Å². The van der Waals surface area contributed by atoms with E-state index in [2.05, 4.69) is 36.5 Å². The molecule has 21 heavy (non-hydrogen) atoms. The Balaban J connectivity index is 2.32. The largest absolute Gasteiger partial charge is 0.480 e. The molecule has 0 radical (unpaired) electrons. The van der Waals surface area contributed by atoms with Crippen LogP contribution in [0.2, 0.25) is 0 Å². The zero-order valence-electron chi connectivity index (χ0n) is 13.3. The molecule has 1 unspecified atom stereocenters. The van der Waals surface area contributed by atoms with Crippen LogP contribution in [0.15, 0.2) is 24.3 Å². The molecule has 1 atom stereocenters. The maximum atomic E-state index is 11.4. The number of aliphatic carboxylic acids is 1. The van der Waals surface area contributed by atoms with Crippen LogP contribution in [0.1, 0.15) is 44.2 Å². The lowest BCUT2D eigenvalue weighted by molar-refractivity contribution is -0.144. The van der Waals surface area contributed by atoms with Crippen molar-refractivity contribution in [2.75, 3.05) is 12.3 Å². The number of nitrogens with one attached hydrogen (secondary N) is 1. The molecule has 1 rings (SSSR count). The highest BCUT2D eigenvalue weighted by Crippen LogP contribution is 2.20. The highest BCUT2D eigenvalue weighted by Gasteiger charge is 2.31. The number of hydrogen-bond acceptors (Lipinski definition) is 3. The lowest BCUT2D eigenvalue weighted by Gasteiger charge is -2.26. The first-order chi connectivity index (χ1) is 9.99. The summed E-state index contributed by atoms with van der Waals surface area (Å²) in [5.74, 6) is 1.24. The number of hydrogen-bond donors (Lipinski definition) is 2. The summed E-state index contributed by atoms with van der Waals surface area (Å²) < 4.78 is 0. The molecule has 0 heterocycles. The van der Waals surface area contributed by atoms with Gasteiger partial charge in [-0.1, -0.05) is 31.2 Å². The van der Waals surface area contributed by atoms with Gasteiger partial charge >= 0.3 is 5.97 Å². The molecular weight excluding hydrogens is 282 g/mol. The Morgan fingerprint density at radius 3 is 2.71 bits per heavy atom. The number of carboxylic acids is 1. The molecule has 0 aromatic heterocycles. The van der Waals surface area contributed by atoms with E-state index >= 15 is 0 Å². The quantitative estimate of drug-likeness (QED) is 0.645. The lowest BCUT2D eigenvalue weighted by Crippen LogP contribution is -2.49. The molecule has 0 aliphatic rings. The molecule has 3 nitrogen and oxygen atoms in total. The second-order valence-electron chi connectivity index (χ2n) is 5.65. The number of aryl methyl sites for hydroxylation is 1. The summed E-state index contributed by atoms with van der Waals surface area (Å²) >= 11 is 1.88. The Hall–Kier alpha value is -1.00. The van der Waals surface area contributed by atoms with E-state index in [-0.39, 0.29) is 0 Å². The highest BCUT2D eigenvalue weighted by atomic mass is 32.2. The smallest absolute Gasteiger partial charge is 0.323 e. The molecule has 1 aromatic rings. The van der Waals surface area contributed by atoms with Crippen molar-refractivity contribution in [2.24, 2.45) is 0 Å². The zero-order valence-corrected chi connectivity index (χ0v) is 14.1. The van der Waals surface area contributed by atoms with E-state index in [1.165, 1.54) is 11.1 Å². The number of rotatable bonds is 10. The molecule has 0 fully saturated rings. The van der Waals surface area contributed by atoms with Gasteiger partial charge in [0.2, 0.25) is 0 Å². The molecule has 1 aromatic carbocycles. The Bertz CT molecular complexity index is 450. The fourth-order valence-electron chi connectivity index (χ4n) is 2.15. The topological polar surface area (TPSA) is 49.3 Å². The number of benzene rings is 1. The maximum Gasteiger partial charge on any atom is 0.323 e. The fourth-order valence-corrected chi connectivity index (χ4v) is 3.19. The van der Waals surface area contributed by atoms with Gasteiger partial charge in [0.15, 0.2) is 0 Å². The predicted octanol–water partition coefficient (Wildman–Crippen LogP) is 3.85. The third-order valence-corrected chi connectivity index (χ3v) is 4.81. The summed E-state index contributed by atoms with van der Waals surface area (Å²) in [6.07, 6.45) is 2.53. The molecule has 0 amide bonds. The Labute approximate surface area is 132 Å². The second-order valence-corrected chi connectivity index (χ2v) is 6.75. The van der Waals surface area contributed by atoms with E-state index in [0.717, 1.165) is 30.9 Å². The van der Waals surface area contributed by atoms with E-state index in [1.54, 1.807) is 6.92 Å². The average molecular weight is 309 g/mol. The maximum absolute atomic E-state index is 11.4. The van der Waals surface area contributed by atoms with Crippen molar-refractivity contribution in [3.8, 4) is 0 Å². The summed E-state index contributed by atoms with van der Waals surface area (Å²) in [6, 6.07) is 8.42. The molecule has 0 saturated carbocycles. The van der Waals surface area contributed by atoms with Crippen molar-refractivity contribution in [1.29, 1.82) is 0 Å². The summed E-state index contributed by atoms with van der Waals surface area (Å²) in [7, 11) is 0. The molecule has 0 saturated heterocycles. The predicted molar refractivity (Wildman–Crippen MR) is 90.9 cm³/mol. The van der Waals surface area contributed by atoms with Gasteiger partial charge in [-0.3, -0.25) is 4.79 Å². The van der Waals surface area contributed by atoms with Crippen LogP contribution in [-0.2, 0) is 10.5 Å². The van der Waals surface area contributed by atoms with Gasteiger partial charge < -0.3 is 10.4 Å². The third kappa shape index (κ3) is 6.10. The number of carbonyl (C=O) groups is 1. The standard InChI is InChI=1S/C17H27NO2S/c1-4-11-18-17(3,16(19)20)10-7-12-21-13-15-9-6-5-8-14(15)2/h5-6,8-9,18H,4,7,10-13H2,1-3H3,(H,19,20). The SMILES string of the molecule is CCCNC(C)(CCCSCc1ccccc1C)C(=O)O. The van der Waals surface area contributed by atoms with Crippen molar-refractivity contribution in [1.82, 2.24) is 5.32 Å². The van der Waals surface area contributed by atoms with E-state index in [0.29, 0.717) is 6.42 Å². The summed E-state index contributed by atoms with van der Waals surface area (Å²) in [4.78, 5) is 11.4. The molecule has 0 spiro atoms. The molecule has 0 bridgehead atoms. The van der Waals surface area contributed by atoms with Crippen molar-refractivity contribution in [3.05, 3.63) is 35.4 Å². The van der Waals surface area contributed by atoms with Crippen LogP contribution in [0.25, 0.3) is 0 Å². The van der Waals surface area contributed by atoms with Crippen molar-refractivity contribution >= 4 is 17.7 Å². The first-order valence-electron chi connectivity index (χ1n) is 7.60. The van der Waals surface area contributed by atoms with Crippen LogP contribution >= 0.6 is 11.8 Å². The fraction of sp³-hybridized carbons (Fsp3) is 0.588. The highest BCUT2D eigenvalue weighted by molar-refractivity contribution is 7.98. The summed E-state index contributed by atoms with van der Waals surface area (Å²) in [5, 5.41) is 12.5. The lowest BCUT2D eigenvalue weighted by atomic mass is 9.96. The van der Waals surface area contributed by atoms with Crippen LogP contribution < -0.4 is 5.32 Å². The van der Waals surface area contributed by atoms with Gasteiger partial charge in [0, 0.05) is 5.75 Å². The van der Waals surface area contributed by atoms with Gasteiger partial charge in [0.05, 0.1) is 0 Å². The van der Waals surface area contributed by atoms with Crippen molar-refractivity contribution in [3.63, 3.8) is 0 Å². The van der Waals surface area contributed by atoms with Gasteiger partial charge in [0.1, 0.15) is 5.54 Å². The zero-order chi connectivity index (χ0) is 15.7. The van der Waals surface area contributed by atoms with Crippen molar-refractivity contribution in [2.45, 2.75) is 51.3 Å². The molecule has 0 aliphatic heterocycles. The van der Waals surface area contributed by atoms with Crippen LogP contribution in [0.3, 0.4) is 0 Å². The Morgan fingerprint density at radius 2 is 2.10 bits per heavy atom. The summed E-state index contributed by atoms with van der Waals surface area (Å²) in [6.45, 7) is 6.72. The van der Waals surface area contributed by atoms with Crippen LogP contribution in [0.5, 0.6) is 0 Å². The number of carboxylic acid groups (broad SMARTS) is 1. The minimum atomic E-state index is -0.792. The Morgan fingerprint density at radius 1 is 1.38 bits per heavy atom.